The minimum Gasteiger partial charge on any atom is -0.481 e. The number of hydrogen-bond acceptors (Lipinski definition) is 3. The summed E-state index contributed by atoms with van der Waals surface area (Å²) in [5, 5.41) is 10.5. The zero-order chi connectivity index (χ0) is 25.0. The Labute approximate surface area is 205 Å². The van der Waals surface area contributed by atoms with Crippen LogP contribution in [0.2, 0.25) is 0 Å². The molecule has 0 bridgehead atoms. The Kier molecular flexibility index (Phi) is 6.87. The quantitative estimate of drug-likeness (QED) is 0.175. The van der Waals surface area contributed by atoms with Gasteiger partial charge in [-0.15, -0.1) is 0 Å². The van der Waals surface area contributed by atoms with Crippen molar-refractivity contribution in [2.24, 2.45) is 5.41 Å². The molecular weight excluding hydrogens is 438 g/mol. The lowest BCUT2D eigenvalue weighted by atomic mass is 9.87. The van der Waals surface area contributed by atoms with Crippen molar-refractivity contribution in [3.8, 4) is 5.75 Å². The number of aromatic nitrogens is 1. The second kappa shape index (κ2) is 10.0. The van der Waals surface area contributed by atoms with Gasteiger partial charge in [-0.25, -0.2) is 0 Å². The van der Waals surface area contributed by atoms with Crippen LogP contribution in [0, 0.1) is 5.41 Å². The van der Waals surface area contributed by atoms with Gasteiger partial charge in [0.05, 0.1) is 5.41 Å². The Bertz CT molecular complexity index is 1370. The lowest BCUT2D eigenvalue weighted by Crippen LogP contribution is -2.25. The molecule has 1 aromatic heterocycles. The van der Waals surface area contributed by atoms with Crippen molar-refractivity contribution in [2.75, 3.05) is 0 Å². The van der Waals surface area contributed by atoms with E-state index in [1.807, 2.05) is 87.6 Å². The third kappa shape index (κ3) is 5.69. The molecule has 2 N–H and O–H groups in total. The van der Waals surface area contributed by atoms with Crippen LogP contribution in [0.4, 0.5) is 0 Å². The predicted octanol–water partition coefficient (Wildman–Crippen LogP) is 6.94. The van der Waals surface area contributed by atoms with E-state index in [0.717, 1.165) is 38.7 Å². The number of benzene rings is 3. The third-order valence-electron chi connectivity index (χ3n) is 5.82. The van der Waals surface area contributed by atoms with Crippen LogP contribution in [-0.2, 0) is 9.59 Å². The summed E-state index contributed by atoms with van der Waals surface area (Å²) in [7, 11) is 0. The summed E-state index contributed by atoms with van der Waals surface area (Å²) < 4.78 is 5.55. The second-order valence-corrected chi connectivity index (χ2v) is 9.56. The minimum atomic E-state index is -0.844. The molecule has 0 saturated carbocycles. The predicted molar refractivity (Wildman–Crippen MR) is 139 cm³/mol. The van der Waals surface area contributed by atoms with E-state index >= 15 is 0 Å². The summed E-state index contributed by atoms with van der Waals surface area (Å²) in [5.74, 6) is -0.672. The molecule has 0 fully saturated rings. The molecule has 4 rings (SSSR count). The summed E-state index contributed by atoms with van der Waals surface area (Å²) in [6.07, 6.45) is 2.29. The normalized spacial score (nSPS) is 12.3. The highest BCUT2D eigenvalue weighted by Gasteiger charge is 2.24. The molecule has 0 atom stereocenters. The van der Waals surface area contributed by atoms with Crippen LogP contribution in [0.15, 0.2) is 85.1 Å². The minimum absolute atomic E-state index is 0.0153. The van der Waals surface area contributed by atoms with Crippen molar-refractivity contribution < 1.29 is 19.4 Å². The summed E-state index contributed by atoms with van der Waals surface area (Å²) in [4.78, 5) is 27.1. The van der Waals surface area contributed by atoms with Crippen LogP contribution in [-0.4, -0.2) is 22.0 Å². The molecule has 3 aromatic carbocycles. The first-order chi connectivity index (χ1) is 16.7. The van der Waals surface area contributed by atoms with E-state index in [4.69, 9.17) is 4.74 Å². The number of fused-ring (bicyclic) bond motifs is 1. The van der Waals surface area contributed by atoms with Crippen LogP contribution in [0.3, 0.4) is 0 Å². The number of aromatic amines is 1. The Morgan fingerprint density at radius 1 is 0.829 bits per heavy atom. The van der Waals surface area contributed by atoms with Crippen LogP contribution in [0.25, 0.3) is 22.0 Å². The molecule has 0 spiro atoms. The number of carboxylic acid groups (broad SMARTS) is 1. The first-order valence-electron chi connectivity index (χ1n) is 11.6. The average Bonchev–Trinajstić information content (AvgIpc) is 3.30. The van der Waals surface area contributed by atoms with Crippen LogP contribution in [0.1, 0.15) is 50.3 Å². The number of H-pyrrole nitrogens is 1. The SMILES string of the molecule is CC(C)(C)C(=O)Oc1ccc(/C(=C(\CCC(=O)O)c2ccccc2)c2ccc3[nH]ccc3c2)cc1. The van der Waals surface area contributed by atoms with Gasteiger partial charge in [-0.3, -0.25) is 9.59 Å². The van der Waals surface area contributed by atoms with Gasteiger partial charge in [0.2, 0.25) is 0 Å². The van der Waals surface area contributed by atoms with Crippen molar-refractivity contribution in [2.45, 2.75) is 33.6 Å². The van der Waals surface area contributed by atoms with Crippen molar-refractivity contribution >= 4 is 34.0 Å². The first kappa shape index (κ1) is 24.0. The molecule has 0 unspecified atom stereocenters. The Balaban J connectivity index is 1.86. The summed E-state index contributed by atoms with van der Waals surface area (Å²) in [6.45, 7) is 5.45. The number of allylic oxidation sites excluding steroid dienone is 1. The lowest BCUT2D eigenvalue weighted by molar-refractivity contribution is -0.143. The molecule has 0 aliphatic rings. The average molecular weight is 468 g/mol. The zero-order valence-corrected chi connectivity index (χ0v) is 20.2. The number of hydrogen-bond donors (Lipinski definition) is 2. The van der Waals surface area contributed by atoms with E-state index < -0.39 is 11.4 Å². The maximum atomic E-state index is 12.3. The van der Waals surface area contributed by atoms with Crippen molar-refractivity contribution in [3.05, 3.63) is 102 Å². The third-order valence-corrected chi connectivity index (χ3v) is 5.82. The molecule has 0 aliphatic heterocycles. The van der Waals surface area contributed by atoms with Crippen molar-refractivity contribution in [1.82, 2.24) is 4.98 Å². The van der Waals surface area contributed by atoms with Gasteiger partial charge < -0.3 is 14.8 Å². The monoisotopic (exact) mass is 467 g/mol. The van der Waals surface area contributed by atoms with E-state index in [9.17, 15) is 14.7 Å². The summed E-state index contributed by atoms with van der Waals surface area (Å²) in [5.41, 5.74) is 5.20. The van der Waals surface area contributed by atoms with E-state index in [0.29, 0.717) is 12.2 Å². The fourth-order valence-electron chi connectivity index (χ4n) is 3.96. The second-order valence-electron chi connectivity index (χ2n) is 9.56. The smallest absolute Gasteiger partial charge is 0.316 e. The number of carboxylic acids is 1. The molecule has 1 heterocycles. The van der Waals surface area contributed by atoms with Gasteiger partial charge in [0.1, 0.15) is 5.75 Å². The molecule has 0 amide bonds. The molecular formula is C30H29NO4. The van der Waals surface area contributed by atoms with Gasteiger partial charge in [0.25, 0.3) is 0 Å². The van der Waals surface area contributed by atoms with Gasteiger partial charge in [0, 0.05) is 18.1 Å². The highest BCUT2D eigenvalue weighted by atomic mass is 16.5. The Morgan fingerprint density at radius 2 is 1.51 bits per heavy atom. The Morgan fingerprint density at radius 3 is 2.17 bits per heavy atom. The molecule has 0 saturated heterocycles. The summed E-state index contributed by atoms with van der Waals surface area (Å²) >= 11 is 0. The first-order valence-corrected chi connectivity index (χ1v) is 11.6. The largest absolute Gasteiger partial charge is 0.481 e. The number of ether oxygens (including phenoxy) is 1. The van der Waals surface area contributed by atoms with Gasteiger partial charge >= 0.3 is 11.9 Å². The van der Waals surface area contributed by atoms with Gasteiger partial charge in [-0.05, 0) is 90.7 Å². The number of aliphatic carboxylic acids is 1. The fourth-order valence-corrected chi connectivity index (χ4v) is 3.96. The van der Waals surface area contributed by atoms with Crippen LogP contribution in [0.5, 0.6) is 5.75 Å². The van der Waals surface area contributed by atoms with E-state index in [1.54, 1.807) is 12.1 Å². The van der Waals surface area contributed by atoms with Gasteiger partial charge in [-0.2, -0.15) is 0 Å². The Hall–Kier alpha value is -4.12. The van der Waals surface area contributed by atoms with Crippen molar-refractivity contribution in [1.29, 1.82) is 0 Å². The van der Waals surface area contributed by atoms with E-state index in [-0.39, 0.29) is 12.4 Å². The number of carbonyl (C=O) groups excluding carboxylic acids is 1. The maximum absolute atomic E-state index is 12.3. The number of carbonyl (C=O) groups is 2. The molecule has 5 nitrogen and oxygen atoms in total. The highest BCUT2D eigenvalue weighted by Crippen LogP contribution is 2.37. The van der Waals surface area contributed by atoms with E-state index in [1.165, 1.54) is 0 Å². The number of nitrogens with one attached hydrogen (secondary N) is 1. The lowest BCUT2D eigenvalue weighted by Gasteiger charge is -2.19. The maximum Gasteiger partial charge on any atom is 0.316 e. The molecule has 5 heteroatoms. The molecule has 0 aliphatic carbocycles. The fraction of sp³-hybridized carbons (Fsp3) is 0.200. The molecule has 4 aromatic rings. The topological polar surface area (TPSA) is 79.4 Å². The zero-order valence-electron chi connectivity index (χ0n) is 20.2. The molecule has 0 radical (unpaired) electrons. The van der Waals surface area contributed by atoms with Crippen LogP contribution >= 0.6 is 0 Å². The summed E-state index contributed by atoms with van der Waals surface area (Å²) in [6, 6.07) is 25.5. The standard InChI is InChI=1S/C30H29NO4/c1-30(2,3)29(34)35-24-12-9-21(10-13-24)28(23-11-15-26-22(19-23)17-18-31-26)25(14-16-27(32)33)20-7-5-4-6-8-20/h4-13,15,17-19,31H,14,16H2,1-3H3,(H,32,33)/b28-25-. The van der Waals surface area contributed by atoms with Crippen molar-refractivity contribution in [3.63, 3.8) is 0 Å². The number of esters is 1. The van der Waals surface area contributed by atoms with Gasteiger partial charge in [0.15, 0.2) is 0 Å². The molecule has 35 heavy (non-hydrogen) atoms. The molecule has 178 valence electrons. The van der Waals surface area contributed by atoms with Gasteiger partial charge in [-0.1, -0.05) is 48.5 Å². The highest BCUT2D eigenvalue weighted by molar-refractivity contribution is 6.01. The van der Waals surface area contributed by atoms with E-state index in [2.05, 4.69) is 11.1 Å². The van der Waals surface area contributed by atoms with Crippen LogP contribution < -0.4 is 4.74 Å². The number of rotatable bonds is 7.